The van der Waals surface area contributed by atoms with Crippen molar-refractivity contribution in [1.82, 2.24) is 0 Å². The standard InChI is InChI=1S/C16H21NO3/c1-16(9-8-14(18)19-2)10-11-20-15(16)17-12-13-6-4-3-5-7-13/h3-7H,8-12H2,1-2H3. The molecule has 1 fully saturated rings. The summed E-state index contributed by atoms with van der Waals surface area (Å²) in [7, 11) is 1.42. The van der Waals surface area contributed by atoms with Crippen LogP contribution in [-0.4, -0.2) is 25.6 Å². The van der Waals surface area contributed by atoms with E-state index in [1.165, 1.54) is 7.11 Å². The molecule has 1 aliphatic heterocycles. The third-order valence-corrected chi connectivity index (χ3v) is 3.77. The summed E-state index contributed by atoms with van der Waals surface area (Å²) in [6.45, 7) is 3.39. The van der Waals surface area contributed by atoms with Gasteiger partial charge in [-0.15, -0.1) is 0 Å². The first-order chi connectivity index (χ1) is 9.64. The van der Waals surface area contributed by atoms with Gasteiger partial charge in [-0.3, -0.25) is 9.79 Å². The number of rotatable bonds is 5. The SMILES string of the molecule is COC(=O)CCC1(C)CCOC1=NCc1ccccc1. The van der Waals surface area contributed by atoms with E-state index in [9.17, 15) is 4.79 Å². The molecule has 0 aromatic heterocycles. The fourth-order valence-corrected chi connectivity index (χ4v) is 2.35. The predicted molar refractivity (Wildman–Crippen MR) is 77.5 cm³/mol. The molecule has 0 saturated carbocycles. The molecule has 1 unspecified atom stereocenters. The smallest absolute Gasteiger partial charge is 0.305 e. The van der Waals surface area contributed by atoms with E-state index in [1.54, 1.807) is 0 Å². The first-order valence-electron chi connectivity index (χ1n) is 6.92. The highest BCUT2D eigenvalue weighted by atomic mass is 16.5. The number of carbonyl (C=O) groups excluding carboxylic acids is 1. The quantitative estimate of drug-likeness (QED) is 0.776. The molecule has 1 aliphatic rings. The van der Waals surface area contributed by atoms with Gasteiger partial charge in [-0.05, 0) is 18.4 Å². The van der Waals surface area contributed by atoms with E-state index in [0.29, 0.717) is 26.0 Å². The van der Waals surface area contributed by atoms with E-state index in [1.807, 2.05) is 30.3 Å². The number of hydrogen-bond donors (Lipinski definition) is 0. The second-order valence-corrected chi connectivity index (χ2v) is 5.34. The molecule has 0 aliphatic carbocycles. The summed E-state index contributed by atoms with van der Waals surface area (Å²) in [4.78, 5) is 15.9. The van der Waals surface area contributed by atoms with Crippen LogP contribution in [0.5, 0.6) is 0 Å². The van der Waals surface area contributed by atoms with E-state index in [2.05, 4.69) is 11.9 Å². The zero-order valence-corrected chi connectivity index (χ0v) is 12.1. The minimum absolute atomic E-state index is 0.150. The predicted octanol–water partition coefficient (Wildman–Crippen LogP) is 2.96. The third kappa shape index (κ3) is 3.59. The number of nitrogens with zero attached hydrogens (tertiary/aromatic N) is 1. The van der Waals surface area contributed by atoms with Gasteiger partial charge in [-0.25, -0.2) is 0 Å². The number of hydrogen-bond acceptors (Lipinski definition) is 4. The largest absolute Gasteiger partial charge is 0.481 e. The van der Waals surface area contributed by atoms with Crippen LogP contribution in [0.4, 0.5) is 0 Å². The van der Waals surface area contributed by atoms with E-state index < -0.39 is 0 Å². The minimum Gasteiger partial charge on any atom is -0.481 e. The summed E-state index contributed by atoms with van der Waals surface area (Å²) in [5, 5.41) is 0. The van der Waals surface area contributed by atoms with Gasteiger partial charge in [0.25, 0.3) is 0 Å². The van der Waals surface area contributed by atoms with Crippen LogP contribution in [0.2, 0.25) is 0 Å². The number of carbonyl (C=O) groups is 1. The van der Waals surface area contributed by atoms with Crippen molar-refractivity contribution < 1.29 is 14.3 Å². The maximum Gasteiger partial charge on any atom is 0.305 e. The molecule has 20 heavy (non-hydrogen) atoms. The molecule has 1 saturated heterocycles. The second-order valence-electron chi connectivity index (χ2n) is 5.34. The number of esters is 1. The van der Waals surface area contributed by atoms with E-state index >= 15 is 0 Å². The Morgan fingerprint density at radius 1 is 1.40 bits per heavy atom. The van der Waals surface area contributed by atoms with Gasteiger partial charge in [0.1, 0.15) is 0 Å². The van der Waals surface area contributed by atoms with Crippen LogP contribution in [0.3, 0.4) is 0 Å². The topological polar surface area (TPSA) is 47.9 Å². The zero-order valence-electron chi connectivity index (χ0n) is 12.1. The fourth-order valence-electron chi connectivity index (χ4n) is 2.35. The van der Waals surface area contributed by atoms with E-state index in [0.717, 1.165) is 17.9 Å². The average Bonchev–Trinajstić information content (AvgIpc) is 2.85. The maximum atomic E-state index is 11.3. The van der Waals surface area contributed by atoms with Gasteiger partial charge in [0, 0.05) is 11.8 Å². The van der Waals surface area contributed by atoms with Crippen LogP contribution in [-0.2, 0) is 20.8 Å². The van der Waals surface area contributed by atoms with Gasteiger partial charge >= 0.3 is 5.97 Å². The Kier molecular flexibility index (Phi) is 4.77. The maximum absolute atomic E-state index is 11.3. The summed E-state index contributed by atoms with van der Waals surface area (Å²) in [5.41, 5.74) is 1.01. The number of methoxy groups -OCH3 is 1. The lowest BCUT2D eigenvalue weighted by molar-refractivity contribution is -0.141. The zero-order chi connectivity index (χ0) is 14.4. The summed E-state index contributed by atoms with van der Waals surface area (Å²) in [6.07, 6.45) is 2.02. The Balaban J connectivity index is 2.00. The normalized spacial score (nSPS) is 23.6. The van der Waals surface area contributed by atoms with Crippen molar-refractivity contribution in [3.63, 3.8) is 0 Å². The summed E-state index contributed by atoms with van der Waals surface area (Å²) < 4.78 is 10.4. The van der Waals surface area contributed by atoms with E-state index in [4.69, 9.17) is 9.47 Å². The van der Waals surface area contributed by atoms with E-state index in [-0.39, 0.29) is 11.4 Å². The highest BCUT2D eigenvalue weighted by molar-refractivity contribution is 5.84. The number of ether oxygens (including phenoxy) is 2. The lowest BCUT2D eigenvalue weighted by Gasteiger charge is -2.21. The highest BCUT2D eigenvalue weighted by Gasteiger charge is 2.37. The Hall–Kier alpha value is -1.84. The van der Waals surface area contributed by atoms with Crippen LogP contribution in [0.15, 0.2) is 35.3 Å². The van der Waals surface area contributed by atoms with Gasteiger partial charge in [0.2, 0.25) is 0 Å². The monoisotopic (exact) mass is 275 g/mol. The molecule has 1 aromatic rings. The van der Waals surface area contributed by atoms with Crippen molar-refractivity contribution in [2.45, 2.75) is 32.7 Å². The average molecular weight is 275 g/mol. The van der Waals surface area contributed by atoms with Crippen molar-refractivity contribution >= 4 is 11.9 Å². The molecule has 0 bridgehead atoms. The van der Waals surface area contributed by atoms with Crippen LogP contribution in [0.1, 0.15) is 31.7 Å². The molecular formula is C16H21NO3. The molecule has 2 rings (SSSR count). The fraction of sp³-hybridized carbons (Fsp3) is 0.500. The molecular weight excluding hydrogens is 254 g/mol. The van der Waals surface area contributed by atoms with Gasteiger partial charge in [0.05, 0.1) is 20.3 Å². The first kappa shape index (κ1) is 14.6. The van der Waals surface area contributed by atoms with Crippen molar-refractivity contribution in [3.05, 3.63) is 35.9 Å². The van der Waals surface area contributed by atoms with Gasteiger partial charge < -0.3 is 9.47 Å². The van der Waals surface area contributed by atoms with Crippen LogP contribution >= 0.6 is 0 Å². The number of aliphatic imine (C=N–C) groups is 1. The number of benzene rings is 1. The lowest BCUT2D eigenvalue weighted by Crippen LogP contribution is -2.24. The van der Waals surface area contributed by atoms with Crippen LogP contribution < -0.4 is 0 Å². The van der Waals surface area contributed by atoms with Crippen molar-refractivity contribution in [3.8, 4) is 0 Å². The molecule has 108 valence electrons. The summed E-state index contributed by atoms with van der Waals surface area (Å²) in [6, 6.07) is 10.1. The Bertz CT molecular complexity index is 484. The molecule has 1 atom stereocenters. The Morgan fingerprint density at radius 3 is 2.85 bits per heavy atom. The Morgan fingerprint density at radius 2 is 2.15 bits per heavy atom. The van der Waals surface area contributed by atoms with Crippen molar-refractivity contribution in [2.75, 3.05) is 13.7 Å². The molecule has 0 spiro atoms. The van der Waals surface area contributed by atoms with Gasteiger partial charge in [0.15, 0.2) is 5.90 Å². The molecule has 1 aromatic carbocycles. The van der Waals surface area contributed by atoms with Gasteiger partial charge in [-0.1, -0.05) is 37.3 Å². The second kappa shape index (κ2) is 6.55. The van der Waals surface area contributed by atoms with Crippen LogP contribution in [0, 0.1) is 5.41 Å². The lowest BCUT2D eigenvalue weighted by atomic mass is 9.83. The molecule has 1 heterocycles. The minimum atomic E-state index is -0.180. The van der Waals surface area contributed by atoms with Crippen molar-refractivity contribution in [2.24, 2.45) is 10.4 Å². The van der Waals surface area contributed by atoms with Crippen molar-refractivity contribution in [1.29, 1.82) is 0 Å². The molecule has 0 amide bonds. The first-order valence-corrected chi connectivity index (χ1v) is 6.92. The van der Waals surface area contributed by atoms with Crippen LogP contribution in [0.25, 0.3) is 0 Å². The summed E-state index contributed by atoms with van der Waals surface area (Å²) >= 11 is 0. The highest BCUT2D eigenvalue weighted by Crippen LogP contribution is 2.35. The summed E-state index contributed by atoms with van der Waals surface area (Å²) in [5.74, 6) is 0.589. The Labute approximate surface area is 119 Å². The molecule has 4 heteroatoms. The van der Waals surface area contributed by atoms with Gasteiger partial charge in [-0.2, -0.15) is 0 Å². The third-order valence-electron chi connectivity index (χ3n) is 3.77. The molecule has 4 nitrogen and oxygen atoms in total. The molecule has 0 N–H and O–H groups in total. The molecule has 0 radical (unpaired) electrons.